The van der Waals surface area contributed by atoms with Crippen LogP contribution < -0.4 is 21.1 Å². The Labute approximate surface area is 127 Å². The summed E-state index contributed by atoms with van der Waals surface area (Å²) >= 11 is 0. The molecule has 7 nitrogen and oxygen atoms in total. The van der Waals surface area contributed by atoms with Gasteiger partial charge < -0.3 is 21.1 Å². The summed E-state index contributed by atoms with van der Waals surface area (Å²) in [5.41, 5.74) is 6.30. The van der Waals surface area contributed by atoms with Gasteiger partial charge in [-0.05, 0) is 18.2 Å². The van der Waals surface area contributed by atoms with Crippen molar-refractivity contribution in [2.75, 3.05) is 12.4 Å². The average molecular weight is 300 g/mol. The van der Waals surface area contributed by atoms with Crippen LogP contribution in [0.2, 0.25) is 0 Å². The van der Waals surface area contributed by atoms with Crippen LogP contribution in [0.25, 0.3) is 0 Å². The monoisotopic (exact) mass is 300 g/mol. The predicted molar refractivity (Wildman–Crippen MR) is 81.6 cm³/mol. The number of amides is 3. The zero-order valence-corrected chi connectivity index (χ0v) is 12.0. The first-order valence-corrected chi connectivity index (χ1v) is 6.53. The molecule has 0 fully saturated rings. The molecule has 0 aliphatic carbocycles. The van der Waals surface area contributed by atoms with E-state index in [0.29, 0.717) is 5.75 Å². The van der Waals surface area contributed by atoms with E-state index >= 15 is 0 Å². The highest BCUT2D eigenvalue weighted by molar-refractivity contribution is 6.00. The Morgan fingerprint density at radius 1 is 1.23 bits per heavy atom. The van der Waals surface area contributed by atoms with Gasteiger partial charge in [0.05, 0.1) is 12.8 Å². The third kappa shape index (κ3) is 3.72. The first kappa shape index (κ1) is 15.3. The van der Waals surface area contributed by atoms with E-state index in [-0.39, 0.29) is 17.9 Å². The van der Waals surface area contributed by atoms with Crippen LogP contribution in [0.4, 0.5) is 10.5 Å². The molecule has 2 rings (SSSR count). The number of carbonyl (C=O) groups is 2. The quantitative estimate of drug-likeness (QED) is 0.778. The zero-order valence-electron chi connectivity index (χ0n) is 12.0. The third-order valence-corrected chi connectivity index (χ3v) is 2.92. The standard InChI is InChI=1S/C15H16N4O3/c1-22-12-7-3-2-5-10(12)9-18-15(21)19-11-6-4-8-17-13(11)14(16)20/h2-8H,9H2,1H3,(H2,16,20)(H2,18,19,21). The van der Waals surface area contributed by atoms with Crippen LogP contribution in [0.1, 0.15) is 16.1 Å². The molecule has 3 amide bonds. The lowest BCUT2D eigenvalue weighted by atomic mass is 10.2. The van der Waals surface area contributed by atoms with E-state index < -0.39 is 11.9 Å². The van der Waals surface area contributed by atoms with E-state index in [2.05, 4.69) is 15.6 Å². The molecule has 0 bridgehead atoms. The number of anilines is 1. The molecule has 22 heavy (non-hydrogen) atoms. The van der Waals surface area contributed by atoms with Crippen molar-refractivity contribution in [3.05, 3.63) is 53.9 Å². The molecule has 0 saturated heterocycles. The molecule has 7 heteroatoms. The number of primary amides is 1. The fourth-order valence-electron chi connectivity index (χ4n) is 1.89. The number of aromatic nitrogens is 1. The number of hydrogen-bond acceptors (Lipinski definition) is 4. The highest BCUT2D eigenvalue weighted by atomic mass is 16.5. The zero-order chi connectivity index (χ0) is 15.9. The predicted octanol–water partition coefficient (Wildman–Crippen LogP) is 1.51. The Hall–Kier alpha value is -3.09. The summed E-state index contributed by atoms with van der Waals surface area (Å²) in [5, 5.41) is 5.22. The number of methoxy groups -OCH3 is 1. The second-order valence-electron chi connectivity index (χ2n) is 4.38. The number of urea groups is 1. The fourth-order valence-corrected chi connectivity index (χ4v) is 1.89. The summed E-state index contributed by atoms with van der Waals surface area (Å²) < 4.78 is 5.20. The van der Waals surface area contributed by atoms with Crippen LogP contribution in [0, 0.1) is 0 Å². The van der Waals surface area contributed by atoms with Crippen LogP contribution in [-0.2, 0) is 6.54 Å². The summed E-state index contributed by atoms with van der Waals surface area (Å²) in [7, 11) is 1.56. The lowest BCUT2D eigenvalue weighted by Crippen LogP contribution is -2.29. The van der Waals surface area contributed by atoms with Crippen molar-refractivity contribution in [1.82, 2.24) is 10.3 Å². The largest absolute Gasteiger partial charge is 0.496 e. The van der Waals surface area contributed by atoms with E-state index in [1.165, 1.54) is 6.20 Å². The molecule has 114 valence electrons. The number of nitrogens with zero attached hydrogens (tertiary/aromatic N) is 1. The fraction of sp³-hybridized carbons (Fsp3) is 0.133. The lowest BCUT2D eigenvalue weighted by molar-refractivity contribution is 0.0996. The van der Waals surface area contributed by atoms with Gasteiger partial charge in [-0.1, -0.05) is 18.2 Å². The van der Waals surface area contributed by atoms with Gasteiger partial charge in [-0.2, -0.15) is 0 Å². The van der Waals surface area contributed by atoms with Gasteiger partial charge in [-0.3, -0.25) is 4.79 Å². The van der Waals surface area contributed by atoms with Gasteiger partial charge in [-0.15, -0.1) is 0 Å². The Bertz CT molecular complexity index is 688. The van der Waals surface area contributed by atoms with Crippen LogP contribution >= 0.6 is 0 Å². The molecule has 0 aliphatic heterocycles. The minimum atomic E-state index is -0.708. The molecule has 1 heterocycles. The van der Waals surface area contributed by atoms with E-state index in [1.807, 2.05) is 18.2 Å². The summed E-state index contributed by atoms with van der Waals surface area (Å²) in [5.74, 6) is -0.0253. The van der Waals surface area contributed by atoms with Crippen molar-refractivity contribution in [3.8, 4) is 5.75 Å². The number of benzene rings is 1. The highest BCUT2D eigenvalue weighted by Gasteiger charge is 2.12. The van der Waals surface area contributed by atoms with Gasteiger partial charge in [0, 0.05) is 18.3 Å². The number of hydrogen-bond donors (Lipinski definition) is 3. The maximum atomic E-state index is 11.9. The van der Waals surface area contributed by atoms with E-state index in [0.717, 1.165) is 5.56 Å². The molecule has 1 aromatic carbocycles. The summed E-state index contributed by atoms with van der Waals surface area (Å²) in [6.45, 7) is 0.280. The Morgan fingerprint density at radius 2 is 2.00 bits per heavy atom. The maximum Gasteiger partial charge on any atom is 0.319 e. The number of rotatable bonds is 5. The topological polar surface area (TPSA) is 106 Å². The molecule has 0 spiro atoms. The Morgan fingerprint density at radius 3 is 2.73 bits per heavy atom. The second kappa shape index (κ2) is 7.07. The minimum Gasteiger partial charge on any atom is -0.496 e. The van der Waals surface area contributed by atoms with Crippen molar-refractivity contribution in [2.24, 2.45) is 5.73 Å². The summed E-state index contributed by atoms with van der Waals surface area (Å²) in [6, 6.07) is 10.0. The van der Waals surface area contributed by atoms with Gasteiger partial charge in [0.2, 0.25) is 0 Å². The first-order chi connectivity index (χ1) is 10.6. The molecule has 0 aliphatic rings. The number of nitrogens with one attached hydrogen (secondary N) is 2. The van der Waals surface area contributed by atoms with Crippen LogP contribution in [0.5, 0.6) is 5.75 Å². The molecule has 0 saturated carbocycles. The highest BCUT2D eigenvalue weighted by Crippen LogP contribution is 2.17. The maximum absolute atomic E-state index is 11.9. The number of ether oxygens (including phenoxy) is 1. The van der Waals surface area contributed by atoms with Crippen LogP contribution in [0.3, 0.4) is 0 Å². The molecule has 0 radical (unpaired) electrons. The Balaban J connectivity index is 2.01. The molecule has 0 atom stereocenters. The number of pyridine rings is 1. The molecule has 0 unspecified atom stereocenters. The average Bonchev–Trinajstić information content (AvgIpc) is 2.53. The third-order valence-electron chi connectivity index (χ3n) is 2.92. The van der Waals surface area contributed by atoms with Crippen LogP contribution in [0.15, 0.2) is 42.6 Å². The van der Waals surface area contributed by atoms with E-state index in [9.17, 15) is 9.59 Å². The lowest BCUT2D eigenvalue weighted by Gasteiger charge is -2.11. The van der Waals surface area contributed by atoms with Gasteiger partial charge in [-0.25, -0.2) is 9.78 Å². The van der Waals surface area contributed by atoms with E-state index in [4.69, 9.17) is 10.5 Å². The summed E-state index contributed by atoms with van der Waals surface area (Å²) in [4.78, 5) is 27.0. The minimum absolute atomic E-state index is 0.00921. The number of nitrogens with two attached hydrogens (primary N) is 1. The van der Waals surface area contributed by atoms with E-state index in [1.54, 1.807) is 25.3 Å². The van der Waals surface area contributed by atoms with Gasteiger partial charge >= 0.3 is 6.03 Å². The van der Waals surface area contributed by atoms with Crippen molar-refractivity contribution in [1.29, 1.82) is 0 Å². The van der Waals surface area contributed by atoms with Gasteiger partial charge in [0.1, 0.15) is 5.75 Å². The molecular weight excluding hydrogens is 284 g/mol. The molecule has 2 aromatic rings. The SMILES string of the molecule is COc1ccccc1CNC(=O)Nc1cccnc1C(N)=O. The van der Waals surface area contributed by atoms with Crippen molar-refractivity contribution in [3.63, 3.8) is 0 Å². The molecular formula is C15H16N4O3. The smallest absolute Gasteiger partial charge is 0.319 e. The second-order valence-corrected chi connectivity index (χ2v) is 4.38. The normalized spacial score (nSPS) is 9.86. The van der Waals surface area contributed by atoms with Crippen molar-refractivity contribution < 1.29 is 14.3 Å². The van der Waals surface area contributed by atoms with Gasteiger partial charge in [0.25, 0.3) is 5.91 Å². The number of carbonyl (C=O) groups excluding carboxylic acids is 2. The van der Waals surface area contributed by atoms with Gasteiger partial charge in [0.15, 0.2) is 5.69 Å². The summed E-state index contributed by atoms with van der Waals surface area (Å²) in [6.07, 6.45) is 1.43. The Kier molecular flexibility index (Phi) is 4.92. The first-order valence-electron chi connectivity index (χ1n) is 6.53. The van der Waals surface area contributed by atoms with Crippen molar-refractivity contribution in [2.45, 2.75) is 6.54 Å². The number of para-hydroxylation sites is 1. The molecule has 1 aromatic heterocycles. The molecule has 4 N–H and O–H groups in total. The van der Waals surface area contributed by atoms with Crippen LogP contribution in [-0.4, -0.2) is 24.0 Å². The van der Waals surface area contributed by atoms with Crippen molar-refractivity contribution >= 4 is 17.6 Å².